The molecule has 0 aliphatic rings. The Balaban J connectivity index is 2.15. The van der Waals surface area contributed by atoms with E-state index in [1.165, 1.54) is 4.88 Å². The van der Waals surface area contributed by atoms with E-state index in [4.69, 9.17) is 0 Å². The molecule has 3 nitrogen and oxygen atoms in total. The summed E-state index contributed by atoms with van der Waals surface area (Å²) in [4.78, 5) is 9.91. The summed E-state index contributed by atoms with van der Waals surface area (Å²) in [5.74, 6) is 0. The van der Waals surface area contributed by atoms with Crippen molar-refractivity contribution in [1.29, 1.82) is 0 Å². The Hall–Kier alpha value is -0.780. The zero-order valence-corrected chi connectivity index (χ0v) is 12.9. The van der Waals surface area contributed by atoms with E-state index in [0.29, 0.717) is 6.04 Å². The summed E-state index contributed by atoms with van der Waals surface area (Å²) >= 11 is 5.15. The third-order valence-corrected chi connectivity index (χ3v) is 4.27. The van der Waals surface area contributed by atoms with Gasteiger partial charge < -0.3 is 5.32 Å². The normalized spacial score (nSPS) is 12.6. The molecule has 2 aromatic heterocycles. The fourth-order valence-corrected chi connectivity index (χ4v) is 2.90. The molecule has 2 heterocycles. The van der Waals surface area contributed by atoms with Crippen LogP contribution in [0.1, 0.15) is 31.2 Å². The maximum Gasteiger partial charge on any atom is 0.125 e. The van der Waals surface area contributed by atoms with Crippen LogP contribution in [0.25, 0.3) is 10.6 Å². The van der Waals surface area contributed by atoms with Crippen molar-refractivity contribution in [2.75, 3.05) is 6.54 Å². The minimum absolute atomic E-state index is 0.358. The number of hydrogen-bond donors (Lipinski definition) is 1. The van der Waals surface area contributed by atoms with E-state index >= 15 is 0 Å². The molecular formula is C13H16BrN3S. The van der Waals surface area contributed by atoms with Gasteiger partial charge in [-0.05, 0) is 41.9 Å². The molecule has 0 radical (unpaired) electrons. The summed E-state index contributed by atoms with van der Waals surface area (Å²) in [5, 5.41) is 4.49. The monoisotopic (exact) mass is 325 g/mol. The first-order valence-corrected chi connectivity index (χ1v) is 7.61. The van der Waals surface area contributed by atoms with Gasteiger partial charge in [0.05, 0.1) is 0 Å². The van der Waals surface area contributed by atoms with Gasteiger partial charge in [0.25, 0.3) is 0 Å². The maximum absolute atomic E-state index is 4.47. The average Bonchev–Trinajstić information content (AvgIpc) is 2.85. The first-order chi connectivity index (χ1) is 8.70. The van der Waals surface area contributed by atoms with E-state index in [1.807, 2.05) is 18.5 Å². The Bertz CT molecular complexity index is 512. The largest absolute Gasteiger partial charge is 0.309 e. The molecule has 0 fully saturated rings. The molecule has 1 N–H and O–H groups in total. The Kier molecular flexibility index (Phi) is 4.86. The molecule has 0 saturated heterocycles. The van der Waals surface area contributed by atoms with Crippen molar-refractivity contribution in [2.24, 2.45) is 0 Å². The van der Waals surface area contributed by atoms with E-state index in [1.54, 1.807) is 17.5 Å². The quantitative estimate of drug-likeness (QED) is 0.901. The molecule has 0 aliphatic heterocycles. The van der Waals surface area contributed by atoms with Gasteiger partial charge in [-0.15, -0.1) is 11.3 Å². The fraction of sp³-hybridized carbons (Fsp3) is 0.385. The molecule has 0 aromatic carbocycles. The average molecular weight is 326 g/mol. The summed E-state index contributed by atoms with van der Waals surface area (Å²) in [5.41, 5.74) is 1.06. The zero-order chi connectivity index (χ0) is 13.0. The Morgan fingerprint density at radius 3 is 2.94 bits per heavy atom. The van der Waals surface area contributed by atoms with E-state index < -0.39 is 0 Å². The van der Waals surface area contributed by atoms with Crippen LogP contribution in [-0.4, -0.2) is 16.5 Å². The van der Waals surface area contributed by atoms with Gasteiger partial charge in [-0.3, -0.25) is 4.98 Å². The van der Waals surface area contributed by atoms with E-state index in [-0.39, 0.29) is 0 Å². The van der Waals surface area contributed by atoms with Crippen LogP contribution in [0.15, 0.2) is 29.1 Å². The first-order valence-electron chi connectivity index (χ1n) is 6.00. The molecule has 0 bridgehead atoms. The molecule has 96 valence electrons. The molecule has 0 aliphatic carbocycles. The molecular weight excluding hydrogens is 310 g/mol. The van der Waals surface area contributed by atoms with Crippen LogP contribution in [-0.2, 0) is 0 Å². The Morgan fingerprint density at radius 2 is 2.22 bits per heavy atom. The minimum Gasteiger partial charge on any atom is -0.309 e. The highest BCUT2D eigenvalue weighted by Gasteiger charge is 2.10. The van der Waals surface area contributed by atoms with Crippen molar-refractivity contribution in [1.82, 2.24) is 15.3 Å². The summed E-state index contributed by atoms with van der Waals surface area (Å²) in [6, 6.07) is 2.40. The molecule has 0 amide bonds. The summed E-state index contributed by atoms with van der Waals surface area (Å²) in [7, 11) is 0. The number of hydrogen-bond acceptors (Lipinski definition) is 4. The molecule has 2 rings (SSSR count). The lowest BCUT2D eigenvalue weighted by Crippen LogP contribution is -2.18. The van der Waals surface area contributed by atoms with Gasteiger partial charge in [0.2, 0.25) is 0 Å². The van der Waals surface area contributed by atoms with Crippen molar-refractivity contribution >= 4 is 27.3 Å². The second-order valence-electron chi connectivity index (χ2n) is 4.14. The van der Waals surface area contributed by atoms with Crippen molar-refractivity contribution in [2.45, 2.75) is 26.3 Å². The fourth-order valence-electron chi connectivity index (χ4n) is 1.61. The van der Waals surface area contributed by atoms with Gasteiger partial charge in [0, 0.05) is 39.5 Å². The Labute approximate surface area is 120 Å². The zero-order valence-electron chi connectivity index (χ0n) is 10.5. The second kappa shape index (κ2) is 6.41. The van der Waals surface area contributed by atoms with E-state index in [2.05, 4.69) is 45.1 Å². The molecule has 0 spiro atoms. The summed E-state index contributed by atoms with van der Waals surface area (Å²) in [6.07, 6.45) is 6.72. The van der Waals surface area contributed by atoms with Crippen molar-refractivity contribution in [3.63, 3.8) is 0 Å². The van der Waals surface area contributed by atoms with Crippen LogP contribution < -0.4 is 5.32 Å². The first kappa shape index (κ1) is 13.6. The van der Waals surface area contributed by atoms with Gasteiger partial charge in [-0.1, -0.05) is 6.92 Å². The number of pyridine rings is 1. The number of rotatable bonds is 5. The molecule has 5 heteroatoms. The van der Waals surface area contributed by atoms with Crippen LogP contribution in [0.5, 0.6) is 0 Å². The van der Waals surface area contributed by atoms with Crippen LogP contribution >= 0.6 is 27.3 Å². The SMILES string of the molecule is CCCNC(C)c1cnc(-c2cncc(Br)c2)s1. The maximum atomic E-state index is 4.47. The molecule has 1 atom stereocenters. The summed E-state index contributed by atoms with van der Waals surface area (Å²) < 4.78 is 0.980. The number of nitrogens with one attached hydrogen (secondary N) is 1. The third-order valence-electron chi connectivity index (χ3n) is 2.60. The van der Waals surface area contributed by atoms with E-state index in [0.717, 1.165) is 28.0 Å². The van der Waals surface area contributed by atoms with Crippen LogP contribution in [0.2, 0.25) is 0 Å². The van der Waals surface area contributed by atoms with Crippen LogP contribution in [0.3, 0.4) is 0 Å². The lowest BCUT2D eigenvalue weighted by Gasteiger charge is -2.09. The minimum atomic E-state index is 0.358. The molecule has 1 unspecified atom stereocenters. The number of nitrogens with zero attached hydrogens (tertiary/aromatic N) is 2. The number of aromatic nitrogens is 2. The van der Waals surface area contributed by atoms with Crippen LogP contribution in [0.4, 0.5) is 0 Å². The van der Waals surface area contributed by atoms with Crippen LogP contribution in [0, 0.1) is 0 Å². The standard InChI is InChI=1S/C13H16BrN3S/c1-3-4-16-9(2)12-8-17-13(18-12)10-5-11(14)7-15-6-10/h5-9,16H,3-4H2,1-2H3. The third kappa shape index (κ3) is 3.37. The van der Waals surface area contributed by atoms with Gasteiger partial charge in [-0.2, -0.15) is 0 Å². The molecule has 18 heavy (non-hydrogen) atoms. The topological polar surface area (TPSA) is 37.8 Å². The predicted molar refractivity (Wildman–Crippen MR) is 79.8 cm³/mol. The van der Waals surface area contributed by atoms with Gasteiger partial charge >= 0.3 is 0 Å². The second-order valence-corrected chi connectivity index (χ2v) is 6.11. The number of halogens is 1. The van der Waals surface area contributed by atoms with E-state index in [9.17, 15) is 0 Å². The highest BCUT2D eigenvalue weighted by molar-refractivity contribution is 9.10. The highest BCUT2D eigenvalue weighted by atomic mass is 79.9. The van der Waals surface area contributed by atoms with Crippen molar-refractivity contribution in [3.8, 4) is 10.6 Å². The lowest BCUT2D eigenvalue weighted by atomic mass is 10.3. The molecule has 0 saturated carbocycles. The molecule has 2 aromatic rings. The predicted octanol–water partition coefficient (Wildman–Crippen LogP) is 4.03. The lowest BCUT2D eigenvalue weighted by molar-refractivity contribution is 0.577. The highest BCUT2D eigenvalue weighted by Crippen LogP contribution is 2.29. The van der Waals surface area contributed by atoms with Gasteiger partial charge in [-0.25, -0.2) is 4.98 Å². The smallest absolute Gasteiger partial charge is 0.125 e. The summed E-state index contributed by atoms with van der Waals surface area (Å²) in [6.45, 7) is 5.38. The van der Waals surface area contributed by atoms with Crippen molar-refractivity contribution < 1.29 is 0 Å². The van der Waals surface area contributed by atoms with Gasteiger partial charge in [0.15, 0.2) is 0 Å². The number of thiazole rings is 1. The van der Waals surface area contributed by atoms with Crippen molar-refractivity contribution in [3.05, 3.63) is 34.0 Å². The van der Waals surface area contributed by atoms with Gasteiger partial charge in [0.1, 0.15) is 5.01 Å². The Morgan fingerprint density at radius 1 is 1.39 bits per heavy atom.